The van der Waals surface area contributed by atoms with Gasteiger partial charge in [0.2, 0.25) is 0 Å². The summed E-state index contributed by atoms with van der Waals surface area (Å²) in [6, 6.07) is -0.128. The van der Waals surface area contributed by atoms with Crippen molar-refractivity contribution in [3.63, 3.8) is 0 Å². The highest BCUT2D eigenvalue weighted by molar-refractivity contribution is 5.92. The molecule has 1 N–H and O–H groups in total. The number of aliphatic hydroxyl groups excluding tert-OH is 1. The molecular formula is C11H20FNO2. The molecular weight excluding hydrogens is 197 g/mol. The molecule has 0 spiro atoms. The quantitative estimate of drug-likeness (QED) is 0.730. The summed E-state index contributed by atoms with van der Waals surface area (Å²) in [7, 11) is 0. The Morgan fingerprint density at radius 3 is 2.07 bits per heavy atom. The molecule has 1 unspecified atom stereocenters. The second kappa shape index (κ2) is 5.85. The summed E-state index contributed by atoms with van der Waals surface area (Å²) in [5.74, 6) is -1.38. The molecule has 0 aliphatic carbocycles. The van der Waals surface area contributed by atoms with Gasteiger partial charge in [0.15, 0.2) is 5.83 Å². The van der Waals surface area contributed by atoms with Gasteiger partial charge >= 0.3 is 0 Å². The van der Waals surface area contributed by atoms with Gasteiger partial charge in [-0.2, -0.15) is 0 Å². The van der Waals surface area contributed by atoms with Crippen molar-refractivity contribution in [3.05, 3.63) is 11.4 Å². The lowest BCUT2D eigenvalue weighted by molar-refractivity contribution is -0.131. The number of aliphatic hydroxyl groups is 1. The predicted octanol–water partition coefficient (Wildman–Crippen LogP) is 1.87. The zero-order valence-electron chi connectivity index (χ0n) is 10.0. The van der Waals surface area contributed by atoms with Gasteiger partial charge < -0.3 is 10.0 Å². The second-order valence-electron chi connectivity index (χ2n) is 4.21. The van der Waals surface area contributed by atoms with Crippen molar-refractivity contribution < 1.29 is 14.3 Å². The molecule has 0 rings (SSSR count). The molecule has 0 saturated heterocycles. The first-order valence-corrected chi connectivity index (χ1v) is 5.09. The van der Waals surface area contributed by atoms with E-state index in [-0.39, 0.29) is 12.6 Å². The number of carbonyl (C=O) groups excluding carboxylic acids is 1. The van der Waals surface area contributed by atoms with Crippen molar-refractivity contribution in [2.45, 2.75) is 46.8 Å². The highest BCUT2D eigenvalue weighted by Crippen LogP contribution is 2.12. The van der Waals surface area contributed by atoms with E-state index in [4.69, 9.17) is 0 Å². The van der Waals surface area contributed by atoms with Gasteiger partial charge in [-0.25, -0.2) is 4.39 Å². The van der Waals surface area contributed by atoms with Crippen LogP contribution in [-0.2, 0) is 4.79 Å². The third-order valence-corrected chi connectivity index (χ3v) is 1.97. The first-order chi connectivity index (χ1) is 6.77. The molecule has 1 atom stereocenters. The molecule has 0 radical (unpaired) electrons. The molecule has 88 valence electrons. The van der Waals surface area contributed by atoms with Gasteiger partial charge in [-0.05, 0) is 40.2 Å². The third kappa shape index (κ3) is 4.42. The van der Waals surface area contributed by atoms with Crippen LogP contribution in [0.1, 0.15) is 34.6 Å². The van der Waals surface area contributed by atoms with Crippen LogP contribution < -0.4 is 0 Å². The van der Waals surface area contributed by atoms with E-state index in [0.29, 0.717) is 5.57 Å². The van der Waals surface area contributed by atoms with E-state index in [0.717, 1.165) is 0 Å². The summed E-state index contributed by atoms with van der Waals surface area (Å²) in [5.41, 5.74) is 0.358. The number of amides is 1. The van der Waals surface area contributed by atoms with Gasteiger partial charge in [-0.15, -0.1) is 0 Å². The molecule has 0 aliphatic rings. The molecule has 0 aromatic heterocycles. The average molecular weight is 217 g/mol. The Hall–Kier alpha value is -0.900. The molecule has 0 heterocycles. The summed E-state index contributed by atoms with van der Waals surface area (Å²) < 4.78 is 13.4. The molecule has 0 saturated carbocycles. The third-order valence-electron chi connectivity index (χ3n) is 1.97. The summed E-state index contributed by atoms with van der Waals surface area (Å²) in [4.78, 5) is 13.0. The Bertz CT molecular complexity index is 255. The lowest BCUT2D eigenvalue weighted by Gasteiger charge is -2.27. The Balaban J connectivity index is 4.79. The Morgan fingerprint density at radius 2 is 1.80 bits per heavy atom. The van der Waals surface area contributed by atoms with Crippen LogP contribution in [0, 0.1) is 0 Å². The fraction of sp³-hybridized carbons (Fsp3) is 0.727. The number of allylic oxidation sites excluding steroid dienone is 1. The Kier molecular flexibility index (Phi) is 5.50. The van der Waals surface area contributed by atoms with Crippen molar-refractivity contribution >= 4 is 5.91 Å². The van der Waals surface area contributed by atoms with Gasteiger partial charge in [0.05, 0.1) is 6.10 Å². The molecule has 0 bridgehead atoms. The van der Waals surface area contributed by atoms with Gasteiger partial charge in [0.25, 0.3) is 5.91 Å². The fourth-order valence-electron chi connectivity index (χ4n) is 1.15. The lowest BCUT2D eigenvalue weighted by Crippen LogP contribution is -2.41. The maximum absolute atomic E-state index is 13.4. The minimum Gasteiger partial charge on any atom is -0.392 e. The first-order valence-electron chi connectivity index (χ1n) is 5.09. The molecule has 1 amide bonds. The summed E-state index contributed by atoms with van der Waals surface area (Å²) in [6.45, 7) is 8.40. The van der Waals surface area contributed by atoms with E-state index in [1.807, 2.05) is 0 Å². The van der Waals surface area contributed by atoms with E-state index >= 15 is 0 Å². The monoisotopic (exact) mass is 217 g/mol. The molecule has 0 fully saturated rings. The van der Waals surface area contributed by atoms with Crippen LogP contribution in [-0.4, -0.2) is 34.6 Å². The molecule has 3 nitrogen and oxygen atoms in total. The maximum Gasteiger partial charge on any atom is 0.282 e. The fourth-order valence-corrected chi connectivity index (χ4v) is 1.15. The van der Waals surface area contributed by atoms with Gasteiger partial charge in [0.1, 0.15) is 0 Å². The highest BCUT2D eigenvalue weighted by Gasteiger charge is 2.22. The second-order valence-corrected chi connectivity index (χ2v) is 4.21. The smallest absolute Gasteiger partial charge is 0.282 e. The number of rotatable bonds is 4. The van der Waals surface area contributed by atoms with E-state index < -0.39 is 17.8 Å². The molecule has 0 aliphatic heterocycles. The van der Waals surface area contributed by atoms with Crippen molar-refractivity contribution in [3.8, 4) is 0 Å². The van der Waals surface area contributed by atoms with E-state index in [1.54, 1.807) is 34.6 Å². The van der Waals surface area contributed by atoms with E-state index in [1.165, 1.54) is 4.90 Å². The topological polar surface area (TPSA) is 40.5 Å². The van der Waals surface area contributed by atoms with Gasteiger partial charge in [0, 0.05) is 12.6 Å². The lowest BCUT2D eigenvalue weighted by atomic mass is 10.2. The summed E-state index contributed by atoms with van der Waals surface area (Å²) >= 11 is 0. The minimum atomic E-state index is -0.732. The zero-order valence-corrected chi connectivity index (χ0v) is 10.0. The largest absolute Gasteiger partial charge is 0.392 e. The van der Waals surface area contributed by atoms with Crippen molar-refractivity contribution in [2.75, 3.05) is 6.54 Å². The Morgan fingerprint density at radius 1 is 1.33 bits per heavy atom. The van der Waals surface area contributed by atoms with Crippen LogP contribution in [0.15, 0.2) is 11.4 Å². The first kappa shape index (κ1) is 14.1. The highest BCUT2D eigenvalue weighted by atomic mass is 19.1. The van der Waals surface area contributed by atoms with Gasteiger partial charge in [-0.3, -0.25) is 4.79 Å². The number of hydrogen-bond acceptors (Lipinski definition) is 2. The normalized spacial score (nSPS) is 12.5. The van der Waals surface area contributed by atoms with Crippen LogP contribution in [0.2, 0.25) is 0 Å². The van der Waals surface area contributed by atoms with Crippen molar-refractivity contribution in [1.29, 1.82) is 0 Å². The molecule has 0 aromatic rings. The minimum absolute atomic E-state index is 0.128. The Labute approximate surface area is 90.6 Å². The summed E-state index contributed by atoms with van der Waals surface area (Å²) in [5, 5.41) is 9.21. The maximum atomic E-state index is 13.4. The SMILES string of the molecule is CC(C)=C(F)C(=O)N(CC(C)O)C(C)C. The van der Waals surface area contributed by atoms with Crippen LogP contribution >= 0.6 is 0 Å². The molecule has 4 heteroatoms. The van der Waals surface area contributed by atoms with Crippen molar-refractivity contribution in [2.24, 2.45) is 0 Å². The van der Waals surface area contributed by atoms with E-state index in [2.05, 4.69) is 0 Å². The van der Waals surface area contributed by atoms with Crippen LogP contribution in [0.5, 0.6) is 0 Å². The number of halogens is 1. The molecule has 15 heavy (non-hydrogen) atoms. The zero-order chi connectivity index (χ0) is 12.2. The van der Waals surface area contributed by atoms with Crippen LogP contribution in [0.4, 0.5) is 4.39 Å². The van der Waals surface area contributed by atoms with E-state index in [9.17, 15) is 14.3 Å². The predicted molar refractivity (Wildman–Crippen MR) is 58.0 cm³/mol. The van der Waals surface area contributed by atoms with Crippen molar-refractivity contribution in [1.82, 2.24) is 4.90 Å². The summed E-state index contributed by atoms with van der Waals surface area (Å²) in [6.07, 6.45) is -0.652. The number of hydrogen-bond donors (Lipinski definition) is 1. The van der Waals surface area contributed by atoms with Gasteiger partial charge in [-0.1, -0.05) is 0 Å². The van der Waals surface area contributed by atoms with Crippen LogP contribution in [0.3, 0.4) is 0 Å². The average Bonchev–Trinajstić information content (AvgIpc) is 2.10. The standard InChI is InChI=1S/C11H20FNO2/c1-7(2)10(12)11(15)13(8(3)4)6-9(5)14/h8-9,14H,6H2,1-5H3. The molecule has 0 aromatic carbocycles. The van der Waals surface area contributed by atoms with Crippen LogP contribution in [0.25, 0.3) is 0 Å². The number of nitrogens with zero attached hydrogens (tertiary/aromatic N) is 1. The number of carbonyl (C=O) groups is 1.